The van der Waals surface area contributed by atoms with Crippen molar-refractivity contribution in [2.24, 2.45) is 0 Å². The maximum absolute atomic E-state index is 12.3. The molecule has 8 heteroatoms. The molecule has 0 bridgehead atoms. The van der Waals surface area contributed by atoms with Crippen LogP contribution in [0.15, 0.2) is 27.6 Å². The van der Waals surface area contributed by atoms with Crippen molar-refractivity contribution >= 4 is 31.9 Å². The van der Waals surface area contributed by atoms with E-state index in [4.69, 9.17) is 5.11 Å². The first-order valence-corrected chi connectivity index (χ1v) is 8.67. The number of hydrogen-bond acceptors (Lipinski definition) is 4. The highest BCUT2D eigenvalue weighted by Gasteiger charge is 2.27. The van der Waals surface area contributed by atoms with E-state index in [-0.39, 0.29) is 21.5 Å². The second kappa shape index (κ2) is 6.87. The predicted octanol–water partition coefficient (Wildman–Crippen LogP) is 1.98. The molecule has 1 aromatic rings. The van der Waals surface area contributed by atoms with Gasteiger partial charge in [-0.25, -0.2) is 17.9 Å². The summed E-state index contributed by atoms with van der Waals surface area (Å²) in [7, 11) is -3.92. The maximum Gasteiger partial charge on any atom is 0.335 e. The number of carboxylic acids is 1. The van der Waals surface area contributed by atoms with Crippen molar-refractivity contribution in [2.75, 3.05) is 6.54 Å². The molecule has 0 unspecified atom stereocenters. The number of carbonyl (C=O) groups is 1. The van der Waals surface area contributed by atoms with E-state index in [0.29, 0.717) is 12.8 Å². The second-order valence-corrected chi connectivity index (χ2v) is 7.30. The van der Waals surface area contributed by atoms with E-state index >= 15 is 0 Å². The van der Waals surface area contributed by atoms with Gasteiger partial charge in [0.2, 0.25) is 10.0 Å². The Labute approximate surface area is 132 Å². The molecule has 0 saturated carbocycles. The largest absolute Gasteiger partial charge is 0.478 e. The molecule has 6 nitrogen and oxygen atoms in total. The van der Waals surface area contributed by atoms with E-state index in [2.05, 4.69) is 20.7 Å². The molecule has 0 aliphatic heterocycles. The highest BCUT2D eigenvalue weighted by atomic mass is 79.9. The Morgan fingerprint density at radius 1 is 1.33 bits per heavy atom. The van der Waals surface area contributed by atoms with Gasteiger partial charge >= 0.3 is 5.97 Å². The predicted molar refractivity (Wildman–Crippen MR) is 81.8 cm³/mol. The molecule has 0 radical (unpaired) electrons. The molecule has 0 amide bonds. The van der Waals surface area contributed by atoms with Crippen molar-refractivity contribution in [2.45, 2.75) is 37.2 Å². The number of carboxylic acid groups (broad SMARTS) is 1. The number of halogens is 1. The SMILES string of the molecule is CCC(O)(CC)CNS(=O)(=O)c1cc(C(=O)O)ccc1Br. The first-order chi connectivity index (χ1) is 9.65. The van der Waals surface area contributed by atoms with Crippen LogP contribution >= 0.6 is 15.9 Å². The average Bonchev–Trinajstić information content (AvgIpc) is 2.45. The van der Waals surface area contributed by atoms with Crippen LogP contribution in [-0.4, -0.2) is 36.7 Å². The third kappa shape index (κ3) is 4.50. The molecular weight excluding hydrogens is 362 g/mol. The lowest BCUT2D eigenvalue weighted by Crippen LogP contribution is -2.42. The molecule has 0 aliphatic rings. The summed E-state index contributed by atoms with van der Waals surface area (Å²) in [4.78, 5) is 10.8. The quantitative estimate of drug-likeness (QED) is 0.671. The Morgan fingerprint density at radius 2 is 1.90 bits per heavy atom. The van der Waals surface area contributed by atoms with Gasteiger partial charge in [-0.3, -0.25) is 0 Å². The van der Waals surface area contributed by atoms with Crippen LogP contribution < -0.4 is 4.72 Å². The fraction of sp³-hybridized carbons (Fsp3) is 0.462. The minimum Gasteiger partial charge on any atom is -0.478 e. The smallest absolute Gasteiger partial charge is 0.335 e. The van der Waals surface area contributed by atoms with Crippen LogP contribution in [0.1, 0.15) is 37.0 Å². The lowest BCUT2D eigenvalue weighted by molar-refractivity contribution is 0.0377. The molecule has 1 rings (SSSR count). The Bertz CT molecular complexity index is 625. The Balaban J connectivity index is 3.08. The summed E-state index contributed by atoms with van der Waals surface area (Å²) >= 11 is 3.10. The van der Waals surface area contributed by atoms with Crippen LogP contribution in [-0.2, 0) is 10.0 Å². The van der Waals surface area contributed by atoms with Gasteiger partial charge < -0.3 is 10.2 Å². The fourth-order valence-corrected chi connectivity index (χ4v) is 3.76. The molecule has 118 valence electrons. The molecule has 0 aliphatic carbocycles. The number of benzene rings is 1. The van der Waals surface area contributed by atoms with Gasteiger partial charge in [0.1, 0.15) is 0 Å². The van der Waals surface area contributed by atoms with E-state index in [9.17, 15) is 18.3 Å². The van der Waals surface area contributed by atoms with Gasteiger partial charge in [0.15, 0.2) is 0 Å². The van der Waals surface area contributed by atoms with Crippen molar-refractivity contribution in [3.63, 3.8) is 0 Å². The Hall–Kier alpha value is -0.960. The van der Waals surface area contributed by atoms with Gasteiger partial charge in [0, 0.05) is 11.0 Å². The summed E-state index contributed by atoms with van der Waals surface area (Å²) in [6.07, 6.45) is 0.810. The van der Waals surface area contributed by atoms with Gasteiger partial charge in [-0.05, 0) is 47.0 Å². The third-order valence-electron chi connectivity index (χ3n) is 3.38. The minimum atomic E-state index is -3.92. The van der Waals surface area contributed by atoms with Crippen LogP contribution in [0.2, 0.25) is 0 Å². The molecule has 0 fully saturated rings. The van der Waals surface area contributed by atoms with Crippen LogP contribution in [0.4, 0.5) is 0 Å². The highest BCUT2D eigenvalue weighted by molar-refractivity contribution is 9.10. The minimum absolute atomic E-state index is 0.125. The van der Waals surface area contributed by atoms with Gasteiger partial charge in [0.05, 0.1) is 16.1 Å². The average molecular weight is 380 g/mol. The van der Waals surface area contributed by atoms with Crippen molar-refractivity contribution < 1.29 is 23.4 Å². The lowest BCUT2D eigenvalue weighted by atomic mass is 9.98. The Morgan fingerprint density at radius 3 is 2.38 bits per heavy atom. The summed E-state index contributed by atoms with van der Waals surface area (Å²) in [5.74, 6) is -1.21. The van der Waals surface area contributed by atoms with E-state index in [1.54, 1.807) is 13.8 Å². The Kier molecular flexibility index (Phi) is 5.92. The zero-order valence-electron chi connectivity index (χ0n) is 11.8. The number of sulfonamides is 1. The number of aromatic carboxylic acids is 1. The van der Waals surface area contributed by atoms with Crippen molar-refractivity contribution in [1.82, 2.24) is 4.72 Å². The maximum atomic E-state index is 12.3. The second-order valence-electron chi connectivity index (χ2n) is 4.71. The zero-order valence-corrected chi connectivity index (χ0v) is 14.2. The summed E-state index contributed by atoms with van der Waals surface area (Å²) in [5, 5.41) is 19.0. The molecule has 0 aromatic heterocycles. The van der Waals surface area contributed by atoms with Crippen molar-refractivity contribution in [3.05, 3.63) is 28.2 Å². The molecule has 0 spiro atoms. The summed E-state index contributed by atoms with van der Waals surface area (Å²) in [5.41, 5.74) is -1.25. The van der Waals surface area contributed by atoms with E-state index in [1.165, 1.54) is 12.1 Å². The van der Waals surface area contributed by atoms with Crippen molar-refractivity contribution in [3.8, 4) is 0 Å². The monoisotopic (exact) mass is 379 g/mol. The fourth-order valence-electron chi connectivity index (χ4n) is 1.65. The van der Waals surface area contributed by atoms with Crippen LogP contribution in [0.5, 0.6) is 0 Å². The van der Waals surface area contributed by atoms with Gasteiger partial charge in [-0.1, -0.05) is 13.8 Å². The van der Waals surface area contributed by atoms with Crippen LogP contribution in [0, 0.1) is 0 Å². The third-order valence-corrected chi connectivity index (χ3v) is 5.77. The number of hydrogen-bond donors (Lipinski definition) is 3. The molecule has 21 heavy (non-hydrogen) atoms. The number of nitrogens with one attached hydrogen (secondary N) is 1. The highest BCUT2D eigenvalue weighted by Crippen LogP contribution is 2.24. The normalized spacial score (nSPS) is 12.4. The summed E-state index contributed by atoms with van der Waals surface area (Å²) < 4.78 is 27.1. The molecular formula is C13H18BrNO5S. The molecule has 3 N–H and O–H groups in total. The summed E-state index contributed by atoms with van der Waals surface area (Å²) in [6, 6.07) is 3.75. The van der Waals surface area contributed by atoms with E-state index < -0.39 is 21.6 Å². The van der Waals surface area contributed by atoms with Crippen LogP contribution in [0.25, 0.3) is 0 Å². The van der Waals surface area contributed by atoms with Gasteiger partial charge in [-0.15, -0.1) is 0 Å². The first-order valence-electron chi connectivity index (χ1n) is 6.40. The molecule has 0 heterocycles. The number of rotatable bonds is 7. The molecule has 0 saturated heterocycles. The topological polar surface area (TPSA) is 104 Å². The van der Waals surface area contributed by atoms with E-state index in [1.807, 2.05) is 0 Å². The van der Waals surface area contributed by atoms with Crippen molar-refractivity contribution in [1.29, 1.82) is 0 Å². The van der Waals surface area contributed by atoms with Gasteiger partial charge in [-0.2, -0.15) is 0 Å². The lowest BCUT2D eigenvalue weighted by Gasteiger charge is -2.25. The van der Waals surface area contributed by atoms with Gasteiger partial charge in [0.25, 0.3) is 0 Å². The van der Waals surface area contributed by atoms with Crippen LogP contribution in [0.3, 0.4) is 0 Å². The number of aliphatic hydroxyl groups is 1. The standard InChI is InChI=1S/C13H18BrNO5S/c1-3-13(18,4-2)8-15-21(19,20)11-7-9(12(16)17)5-6-10(11)14/h5-7,15,18H,3-4,8H2,1-2H3,(H,16,17). The zero-order chi connectivity index (χ0) is 16.3. The first kappa shape index (κ1) is 18.1. The summed E-state index contributed by atoms with van der Waals surface area (Å²) in [6.45, 7) is 3.39. The van der Waals surface area contributed by atoms with E-state index in [0.717, 1.165) is 6.07 Å². The molecule has 1 aromatic carbocycles. The molecule has 0 atom stereocenters.